The maximum Gasteiger partial charge on any atom is 0.125 e. The molecule has 1 N–H and O–H groups in total. The highest BCUT2D eigenvalue weighted by molar-refractivity contribution is 5.44. The molecule has 0 bridgehead atoms. The first-order chi connectivity index (χ1) is 8.13. The number of ether oxygens (including phenoxy) is 2. The highest BCUT2D eigenvalue weighted by Crippen LogP contribution is 2.35. The molecule has 0 amide bonds. The number of methoxy groups -OCH3 is 1. The second kappa shape index (κ2) is 5.07. The van der Waals surface area contributed by atoms with Crippen molar-refractivity contribution >= 4 is 0 Å². The van der Waals surface area contributed by atoms with Crippen molar-refractivity contribution in [3.8, 4) is 5.75 Å². The van der Waals surface area contributed by atoms with Gasteiger partial charge in [0.25, 0.3) is 0 Å². The van der Waals surface area contributed by atoms with E-state index in [1.807, 2.05) is 19.9 Å². The van der Waals surface area contributed by atoms with Crippen molar-refractivity contribution in [1.82, 2.24) is 0 Å². The molecule has 2 unspecified atom stereocenters. The topological polar surface area (TPSA) is 38.7 Å². The molecule has 2 atom stereocenters. The third-order valence-corrected chi connectivity index (χ3v) is 3.33. The predicted molar refractivity (Wildman–Crippen MR) is 66.4 cm³/mol. The maximum absolute atomic E-state index is 10.4. The molecule has 1 saturated heterocycles. The Kier molecular flexibility index (Phi) is 3.69. The molecule has 0 saturated carbocycles. The predicted octanol–water partition coefficient (Wildman–Crippen LogP) is 2.52. The molecular weight excluding hydrogens is 216 g/mol. The van der Waals surface area contributed by atoms with Crippen LogP contribution >= 0.6 is 0 Å². The highest BCUT2D eigenvalue weighted by atomic mass is 16.5. The van der Waals surface area contributed by atoms with E-state index in [0.29, 0.717) is 0 Å². The van der Waals surface area contributed by atoms with Gasteiger partial charge in [0.05, 0.1) is 13.2 Å². The van der Waals surface area contributed by atoms with Gasteiger partial charge in [-0.15, -0.1) is 0 Å². The summed E-state index contributed by atoms with van der Waals surface area (Å²) in [6, 6.07) is 4.02. The smallest absolute Gasteiger partial charge is 0.125 e. The van der Waals surface area contributed by atoms with Crippen LogP contribution in [-0.4, -0.2) is 24.9 Å². The van der Waals surface area contributed by atoms with Crippen molar-refractivity contribution in [2.24, 2.45) is 0 Å². The van der Waals surface area contributed by atoms with Crippen LogP contribution in [0.5, 0.6) is 5.75 Å². The van der Waals surface area contributed by atoms with Crippen LogP contribution in [0.15, 0.2) is 12.1 Å². The Morgan fingerprint density at radius 2 is 2.18 bits per heavy atom. The van der Waals surface area contributed by atoms with E-state index in [-0.39, 0.29) is 6.10 Å². The molecule has 0 aliphatic carbocycles. The number of hydrogen-bond donors (Lipinski definition) is 1. The van der Waals surface area contributed by atoms with Crippen LogP contribution < -0.4 is 4.74 Å². The van der Waals surface area contributed by atoms with Crippen LogP contribution in [0.25, 0.3) is 0 Å². The summed E-state index contributed by atoms with van der Waals surface area (Å²) < 4.78 is 10.9. The summed E-state index contributed by atoms with van der Waals surface area (Å²) in [5.74, 6) is 0.755. The first-order valence-corrected chi connectivity index (χ1v) is 6.08. The summed E-state index contributed by atoms with van der Waals surface area (Å²) in [5, 5.41) is 10.4. The fourth-order valence-electron chi connectivity index (χ4n) is 2.53. The number of rotatable bonds is 3. The van der Waals surface area contributed by atoms with E-state index in [2.05, 4.69) is 6.07 Å². The second-order valence-corrected chi connectivity index (χ2v) is 4.69. The van der Waals surface area contributed by atoms with Gasteiger partial charge >= 0.3 is 0 Å². The van der Waals surface area contributed by atoms with Gasteiger partial charge in [0.2, 0.25) is 0 Å². The molecule has 0 aromatic heterocycles. The quantitative estimate of drug-likeness (QED) is 0.876. The minimum absolute atomic E-state index is 0.0923. The number of aryl methyl sites for hydroxylation is 2. The third kappa shape index (κ3) is 2.45. The van der Waals surface area contributed by atoms with Crippen molar-refractivity contribution in [2.45, 2.75) is 38.9 Å². The van der Waals surface area contributed by atoms with Crippen LogP contribution in [0.2, 0.25) is 0 Å². The maximum atomic E-state index is 10.4. The Bertz CT molecular complexity index is 395. The summed E-state index contributed by atoms with van der Waals surface area (Å²) in [4.78, 5) is 0. The Labute approximate surface area is 102 Å². The molecule has 94 valence electrons. The van der Waals surface area contributed by atoms with Crippen LogP contribution in [0.1, 0.15) is 35.6 Å². The van der Waals surface area contributed by atoms with Crippen LogP contribution in [0, 0.1) is 13.8 Å². The molecule has 1 aromatic carbocycles. The van der Waals surface area contributed by atoms with E-state index in [9.17, 15) is 5.11 Å². The van der Waals surface area contributed by atoms with Crippen molar-refractivity contribution in [3.05, 3.63) is 28.8 Å². The average molecular weight is 236 g/mol. The standard InChI is InChI=1S/C14H20O3/c1-9-7-10(2)13(12(8-9)16-3)14(15)11-5-4-6-17-11/h7-8,11,14-15H,4-6H2,1-3H3. The van der Waals surface area contributed by atoms with E-state index in [1.165, 1.54) is 0 Å². The van der Waals surface area contributed by atoms with E-state index in [4.69, 9.17) is 9.47 Å². The number of aliphatic hydroxyl groups excluding tert-OH is 1. The number of hydrogen-bond acceptors (Lipinski definition) is 3. The van der Waals surface area contributed by atoms with Crippen molar-refractivity contribution in [3.63, 3.8) is 0 Å². The lowest BCUT2D eigenvalue weighted by atomic mass is 9.95. The summed E-state index contributed by atoms with van der Waals surface area (Å²) in [5.41, 5.74) is 3.07. The van der Waals surface area contributed by atoms with Gasteiger partial charge in [0.15, 0.2) is 0 Å². The molecule has 1 aliphatic rings. The Hall–Kier alpha value is -1.06. The molecule has 3 heteroatoms. The van der Waals surface area contributed by atoms with Crippen LogP contribution in [-0.2, 0) is 4.74 Å². The lowest BCUT2D eigenvalue weighted by Crippen LogP contribution is -2.19. The number of benzene rings is 1. The molecule has 1 aromatic rings. The fraction of sp³-hybridized carbons (Fsp3) is 0.571. The first kappa shape index (κ1) is 12.4. The van der Waals surface area contributed by atoms with E-state index < -0.39 is 6.10 Å². The molecule has 1 heterocycles. The summed E-state index contributed by atoms with van der Waals surface area (Å²) in [6.07, 6.45) is 1.26. The highest BCUT2D eigenvalue weighted by Gasteiger charge is 2.28. The fourth-order valence-corrected chi connectivity index (χ4v) is 2.53. The lowest BCUT2D eigenvalue weighted by molar-refractivity contribution is -0.00395. The lowest BCUT2D eigenvalue weighted by Gasteiger charge is -2.22. The summed E-state index contributed by atoms with van der Waals surface area (Å²) in [6.45, 7) is 4.77. The van der Waals surface area contributed by atoms with Crippen molar-refractivity contribution in [1.29, 1.82) is 0 Å². The zero-order valence-corrected chi connectivity index (χ0v) is 10.7. The summed E-state index contributed by atoms with van der Waals surface area (Å²) in [7, 11) is 1.64. The molecule has 17 heavy (non-hydrogen) atoms. The molecule has 0 radical (unpaired) electrons. The zero-order chi connectivity index (χ0) is 12.4. The molecule has 3 nitrogen and oxygen atoms in total. The Balaban J connectivity index is 2.35. The summed E-state index contributed by atoms with van der Waals surface area (Å²) >= 11 is 0. The van der Waals surface area contributed by atoms with Gasteiger partial charge in [0, 0.05) is 12.2 Å². The van der Waals surface area contributed by atoms with Crippen LogP contribution in [0.4, 0.5) is 0 Å². The van der Waals surface area contributed by atoms with E-state index >= 15 is 0 Å². The Morgan fingerprint density at radius 1 is 1.41 bits per heavy atom. The largest absolute Gasteiger partial charge is 0.496 e. The average Bonchev–Trinajstić information content (AvgIpc) is 2.80. The SMILES string of the molecule is COc1cc(C)cc(C)c1C(O)C1CCCO1. The molecule has 1 fully saturated rings. The third-order valence-electron chi connectivity index (χ3n) is 3.33. The second-order valence-electron chi connectivity index (χ2n) is 4.69. The van der Waals surface area contributed by atoms with Crippen molar-refractivity contribution < 1.29 is 14.6 Å². The molecule has 0 spiro atoms. The van der Waals surface area contributed by atoms with Gasteiger partial charge in [-0.1, -0.05) is 6.07 Å². The van der Waals surface area contributed by atoms with Gasteiger partial charge in [-0.05, 0) is 43.9 Å². The van der Waals surface area contributed by atoms with Gasteiger partial charge in [-0.3, -0.25) is 0 Å². The molecular formula is C14H20O3. The zero-order valence-electron chi connectivity index (χ0n) is 10.7. The minimum Gasteiger partial charge on any atom is -0.496 e. The monoisotopic (exact) mass is 236 g/mol. The van der Waals surface area contributed by atoms with Gasteiger partial charge in [-0.2, -0.15) is 0 Å². The van der Waals surface area contributed by atoms with Gasteiger partial charge < -0.3 is 14.6 Å². The number of aliphatic hydroxyl groups is 1. The first-order valence-electron chi connectivity index (χ1n) is 6.08. The van der Waals surface area contributed by atoms with E-state index in [0.717, 1.165) is 41.9 Å². The molecule has 1 aliphatic heterocycles. The minimum atomic E-state index is -0.590. The van der Waals surface area contributed by atoms with Gasteiger partial charge in [0.1, 0.15) is 11.9 Å². The normalized spacial score (nSPS) is 21.5. The van der Waals surface area contributed by atoms with Crippen molar-refractivity contribution in [2.75, 3.05) is 13.7 Å². The molecule has 2 rings (SSSR count). The Morgan fingerprint density at radius 3 is 2.76 bits per heavy atom. The van der Waals surface area contributed by atoms with Crippen LogP contribution in [0.3, 0.4) is 0 Å². The van der Waals surface area contributed by atoms with Gasteiger partial charge in [-0.25, -0.2) is 0 Å². The van der Waals surface area contributed by atoms with E-state index in [1.54, 1.807) is 7.11 Å².